The summed E-state index contributed by atoms with van der Waals surface area (Å²) < 4.78 is 5.26. The van der Waals surface area contributed by atoms with Gasteiger partial charge in [0.05, 0.1) is 18.6 Å². The fourth-order valence-corrected chi connectivity index (χ4v) is 2.96. The van der Waals surface area contributed by atoms with Crippen LogP contribution >= 0.6 is 23.4 Å². The summed E-state index contributed by atoms with van der Waals surface area (Å²) >= 11 is 7.58. The molecule has 5 heteroatoms. The first-order valence-electron chi connectivity index (χ1n) is 6.83. The van der Waals surface area contributed by atoms with Gasteiger partial charge in [-0.05, 0) is 37.1 Å². The third kappa shape index (κ3) is 4.18. The molecule has 0 unspecified atom stereocenters. The Balaban J connectivity index is 2.03. The molecular weight excluding hydrogens is 318 g/mol. The number of hydrogen-bond donors (Lipinski definition) is 1. The van der Waals surface area contributed by atoms with Gasteiger partial charge in [-0.25, -0.2) is 0 Å². The maximum atomic E-state index is 12.1. The maximum Gasteiger partial charge on any atom is 0.234 e. The van der Waals surface area contributed by atoms with Crippen LogP contribution in [-0.2, 0) is 4.79 Å². The van der Waals surface area contributed by atoms with Crippen LogP contribution in [0.5, 0.6) is 5.75 Å². The van der Waals surface area contributed by atoms with E-state index in [1.165, 1.54) is 17.3 Å². The molecular formula is C17H18ClNO2S. The standard InChI is InChI=1S/C17H18ClNO2S/c1-11-6-4-5-7-16(11)22-10-17(20)19-14-8-12(2)13(18)9-15(14)21-3/h4-9H,10H2,1-3H3,(H,19,20). The van der Waals surface area contributed by atoms with Crippen molar-refractivity contribution in [2.75, 3.05) is 18.2 Å². The van der Waals surface area contributed by atoms with Crippen LogP contribution in [0.2, 0.25) is 5.02 Å². The molecule has 0 bridgehead atoms. The van der Waals surface area contributed by atoms with Crippen molar-refractivity contribution in [1.82, 2.24) is 0 Å². The Morgan fingerprint density at radius 3 is 2.64 bits per heavy atom. The van der Waals surface area contributed by atoms with Gasteiger partial charge in [-0.3, -0.25) is 4.79 Å². The minimum Gasteiger partial charge on any atom is -0.495 e. The second-order valence-corrected chi connectivity index (χ2v) is 6.33. The van der Waals surface area contributed by atoms with Gasteiger partial charge in [0.25, 0.3) is 0 Å². The van der Waals surface area contributed by atoms with E-state index in [4.69, 9.17) is 16.3 Å². The number of anilines is 1. The van der Waals surface area contributed by atoms with Gasteiger partial charge < -0.3 is 10.1 Å². The molecule has 0 atom stereocenters. The van der Waals surface area contributed by atoms with Gasteiger partial charge in [0, 0.05) is 16.0 Å². The van der Waals surface area contributed by atoms with Crippen LogP contribution in [-0.4, -0.2) is 18.8 Å². The molecule has 1 amide bonds. The predicted octanol–water partition coefficient (Wildman–Crippen LogP) is 4.70. The van der Waals surface area contributed by atoms with Gasteiger partial charge in [0.1, 0.15) is 5.75 Å². The molecule has 2 aromatic rings. The van der Waals surface area contributed by atoms with E-state index in [-0.39, 0.29) is 5.91 Å². The lowest BCUT2D eigenvalue weighted by Gasteiger charge is -2.12. The van der Waals surface area contributed by atoms with Crippen molar-refractivity contribution in [2.24, 2.45) is 0 Å². The van der Waals surface area contributed by atoms with Crippen LogP contribution in [0.4, 0.5) is 5.69 Å². The lowest BCUT2D eigenvalue weighted by molar-refractivity contribution is -0.113. The summed E-state index contributed by atoms with van der Waals surface area (Å²) in [5.74, 6) is 0.827. The number of nitrogens with one attached hydrogen (secondary N) is 1. The van der Waals surface area contributed by atoms with Crippen LogP contribution in [0.25, 0.3) is 0 Å². The summed E-state index contributed by atoms with van der Waals surface area (Å²) in [4.78, 5) is 13.2. The number of hydrogen-bond acceptors (Lipinski definition) is 3. The number of ether oxygens (including phenoxy) is 1. The molecule has 2 rings (SSSR count). The van der Waals surface area contributed by atoms with E-state index < -0.39 is 0 Å². The van der Waals surface area contributed by atoms with Crippen molar-refractivity contribution < 1.29 is 9.53 Å². The van der Waals surface area contributed by atoms with Gasteiger partial charge in [-0.2, -0.15) is 0 Å². The van der Waals surface area contributed by atoms with E-state index >= 15 is 0 Å². The molecule has 0 radical (unpaired) electrons. The Morgan fingerprint density at radius 2 is 1.95 bits per heavy atom. The summed E-state index contributed by atoms with van der Waals surface area (Å²) in [6.45, 7) is 3.92. The summed E-state index contributed by atoms with van der Waals surface area (Å²) in [5, 5.41) is 3.49. The lowest BCUT2D eigenvalue weighted by atomic mass is 10.2. The quantitative estimate of drug-likeness (QED) is 0.805. The number of aryl methyl sites for hydroxylation is 2. The first-order valence-corrected chi connectivity index (χ1v) is 8.20. The van der Waals surface area contributed by atoms with Crippen LogP contribution in [0, 0.1) is 13.8 Å². The van der Waals surface area contributed by atoms with Crippen molar-refractivity contribution in [3.8, 4) is 5.75 Å². The molecule has 0 heterocycles. The number of amides is 1. The molecule has 0 fully saturated rings. The molecule has 3 nitrogen and oxygen atoms in total. The topological polar surface area (TPSA) is 38.3 Å². The second kappa shape index (κ2) is 7.56. The largest absolute Gasteiger partial charge is 0.495 e. The van der Waals surface area contributed by atoms with Crippen molar-refractivity contribution in [3.63, 3.8) is 0 Å². The Hall–Kier alpha value is -1.65. The van der Waals surface area contributed by atoms with Crippen LogP contribution in [0.1, 0.15) is 11.1 Å². The van der Waals surface area contributed by atoms with E-state index in [1.807, 2.05) is 44.2 Å². The molecule has 0 spiro atoms. The van der Waals surface area contributed by atoms with E-state index in [2.05, 4.69) is 5.32 Å². The highest BCUT2D eigenvalue weighted by Crippen LogP contribution is 2.31. The van der Waals surface area contributed by atoms with Gasteiger partial charge in [0.2, 0.25) is 5.91 Å². The van der Waals surface area contributed by atoms with Crippen molar-refractivity contribution in [2.45, 2.75) is 18.7 Å². The minimum absolute atomic E-state index is 0.0757. The normalized spacial score (nSPS) is 10.4. The summed E-state index contributed by atoms with van der Waals surface area (Å²) in [7, 11) is 1.55. The number of carbonyl (C=O) groups excluding carboxylic acids is 1. The number of rotatable bonds is 5. The smallest absolute Gasteiger partial charge is 0.234 e. The highest BCUT2D eigenvalue weighted by Gasteiger charge is 2.11. The summed E-state index contributed by atoms with van der Waals surface area (Å²) in [6.07, 6.45) is 0. The van der Waals surface area contributed by atoms with E-state index in [1.54, 1.807) is 13.2 Å². The van der Waals surface area contributed by atoms with Gasteiger partial charge in [0.15, 0.2) is 0 Å². The molecule has 0 saturated heterocycles. The summed E-state index contributed by atoms with van der Waals surface area (Å²) in [5.41, 5.74) is 2.70. The first-order chi connectivity index (χ1) is 10.5. The van der Waals surface area contributed by atoms with Crippen molar-refractivity contribution >= 4 is 35.0 Å². The minimum atomic E-state index is -0.0757. The SMILES string of the molecule is COc1cc(Cl)c(C)cc1NC(=O)CSc1ccccc1C. The molecule has 0 aliphatic carbocycles. The number of benzene rings is 2. The Morgan fingerprint density at radius 1 is 1.23 bits per heavy atom. The number of thioether (sulfide) groups is 1. The van der Waals surface area contributed by atoms with Gasteiger partial charge >= 0.3 is 0 Å². The Bertz CT molecular complexity index is 688. The van der Waals surface area contributed by atoms with Crippen LogP contribution < -0.4 is 10.1 Å². The van der Waals surface area contributed by atoms with Crippen molar-refractivity contribution in [3.05, 3.63) is 52.5 Å². The average Bonchev–Trinajstić information content (AvgIpc) is 2.50. The molecule has 0 aliphatic rings. The second-order valence-electron chi connectivity index (χ2n) is 4.90. The van der Waals surface area contributed by atoms with E-state index in [0.29, 0.717) is 22.2 Å². The zero-order chi connectivity index (χ0) is 16.1. The molecule has 2 aromatic carbocycles. The average molecular weight is 336 g/mol. The van der Waals surface area contributed by atoms with E-state index in [0.717, 1.165) is 10.5 Å². The maximum absolute atomic E-state index is 12.1. The fraction of sp³-hybridized carbons (Fsp3) is 0.235. The Labute approximate surface area is 140 Å². The van der Waals surface area contributed by atoms with Crippen molar-refractivity contribution in [1.29, 1.82) is 0 Å². The molecule has 0 aromatic heterocycles. The lowest BCUT2D eigenvalue weighted by Crippen LogP contribution is -2.15. The molecule has 0 aliphatic heterocycles. The monoisotopic (exact) mass is 335 g/mol. The third-order valence-corrected chi connectivity index (χ3v) is 4.79. The fourth-order valence-electron chi connectivity index (χ4n) is 1.98. The molecule has 0 saturated carbocycles. The van der Waals surface area contributed by atoms with Crippen LogP contribution in [0.3, 0.4) is 0 Å². The number of halogens is 1. The van der Waals surface area contributed by atoms with Gasteiger partial charge in [-0.1, -0.05) is 29.8 Å². The number of carbonyl (C=O) groups is 1. The highest BCUT2D eigenvalue weighted by molar-refractivity contribution is 8.00. The molecule has 22 heavy (non-hydrogen) atoms. The van der Waals surface area contributed by atoms with Crippen LogP contribution in [0.15, 0.2) is 41.3 Å². The molecule has 116 valence electrons. The third-order valence-electron chi connectivity index (χ3n) is 3.21. The van der Waals surface area contributed by atoms with E-state index in [9.17, 15) is 4.79 Å². The highest BCUT2D eigenvalue weighted by atomic mass is 35.5. The zero-order valence-electron chi connectivity index (χ0n) is 12.8. The van der Waals surface area contributed by atoms with Gasteiger partial charge in [-0.15, -0.1) is 11.8 Å². The Kier molecular flexibility index (Phi) is 5.75. The number of methoxy groups -OCH3 is 1. The predicted molar refractivity (Wildman–Crippen MR) is 93.3 cm³/mol. The summed E-state index contributed by atoms with van der Waals surface area (Å²) in [6, 6.07) is 11.5. The first kappa shape index (κ1) is 16.7. The molecule has 1 N–H and O–H groups in total. The zero-order valence-corrected chi connectivity index (χ0v) is 14.3.